The van der Waals surface area contributed by atoms with E-state index in [1.807, 2.05) is 5.32 Å². The van der Waals surface area contributed by atoms with E-state index in [2.05, 4.69) is 10.6 Å². The molecule has 0 saturated carbocycles. The fourth-order valence-electron chi connectivity index (χ4n) is 1.52. The van der Waals surface area contributed by atoms with Gasteiger partial charge in [-0.25, -0.2) is 4.79 Å². The molecule has 0 bridgehead atoms. The summed E-state index contributed by atoms with van der Waals surface area (Å²) in [6.45, 7) is 1.57. The second-order valence-electron chi connectivity index (χ2n) is 4.28. The number of nitrogens with one attached hydrogen (secondary N) is 3. The average molecular weight is 294 g/mol. The highest BCUT2D eigenvalue weighted by molar-refractivity contribution is 5.97. The number of hydrogen-bond acceptors (Lipinski definition) is 5. The number of carbonyl (C=O) groups excluding carboxylic acids is 3. The molecule has 1 aromatic rings. The first-order valence-corrected chi connectivity index (χ1v) is 6.18. The van der Waals surface area contributed by atoms with E-state index in [1.54, 1.807) is 31.2 Å². The first kappa shape index (κ1) is 16.4. The summed E-state index contributed by atoms with van der Waals surface area (Å²) in [5.74, 6) is -0.785. The van der Waals surface area contributed by atoms with Crippen LogP contribution in [0.2, 0.25) is 0 Å². The van der Waals surface area contributed by atoms with Crippen LogP contribution in [0, 0.1) is 0 Å². The first-order chi connectivity index (χ1) is 9.92. The standard InChI is InChI=1S/C13H18N4O4/c1-8(12(19)17-13(14)20)15-9-3-5-10(6-4-9)16-11(18)7-21-2/h3-6,8,15H,7H2,1-2H3,(H,16,18)(H3,14,17,19,20). The van der Waals surface area contributed by atoms with Gasteiger partial charge in [0.2, 0.25) is 11.8 Å². The second-order valence-corrected chi connectivity index (χ2v) is 4.28. The molecule has 1 rings (SSSR count). The molecule has 0 saturated heterocycles. The topological polar surface area (TPSA) is 123 Å². The summed E-state index contributed by atoms with van der Waals surface area (Å²) in [4.78, 5) is 33.4. The lowest BCUT2D eigenvalue weighted by Gasteiger charge is -2.14. The Morgan fingerprint density at radius 1 is 1.19 bits per heavy atom. The fourth-order valence-corrected chi connectivity index (χ4v) is 1.52. The SMILES string of the molecule is COCC(=O)Nc1ccc(NC(C)C(=O)NC(N)=O)cc1. The maximum Gasteiger partial charge on any atom is 0.318 e. The molecule has 8 nitrogen and oxygen atoms in total. The van der Waals surface area contributed by atoms with Gasteiger partial charge in [-0.3, -0.25) is 14.9 Å². The molecule has 0 aliphatic carbocycles. The highest BCUT2D eigenvalue weighted by atomic mass is 16.5. The molecule has 0 spiro atoms. The maximum atomic E-state index is 11.5. The van der Waals surface area contributed by atoms with Gasteiger partial charge in [-0.15, -0.1) is 0 Å². The highest BCUT2D eigenvalue weighted by Crippen LogP contribution is 2.14. The number of methoxy groups -OCH3 is 1. The van der Waals surface area contributed by atoms with Crippen LogP contribution >= 0.6 is 0 Å². The average Bonchev–Trinajstić information content (AvgIpc) is 2.40. The van der Waals surface area contributed by atoms with Crippen LogP contribution in [-0.4, -0.2) is 37.6 Å². The number of carbonyl (C=O) groups is 3. The molecule has 0 aliphatic heterocycles. The highest BCUT2D eigenvalue weighted by Gasteiger charge is 2.13. The number of ether oxygens (including phenoxy) is 1. The number of rotatable bonds is 6. The summed E-state index contributed by atoms with van der Waals surface area (Å²) < 4.78 is 4.70. The Bertz CT molecular complexity index is 515. The van der Waals surface area contributed by atoms with Gasteiger partial charge in [0, 0.05) is 18.5 Å². The molecular weight excluding hydrogens is 276 g/mol. The van der Waals surface area contributed by atoms with Gasteiger partial charge in [0.1, 0.15) is 12.6 Å². The Morgan fingerprint density at radius 3 is 2.29 bits per heavy atom. The van der Waals surface area contributed by atoms with E-state index in [4.69, 9.17) is 10.5 Å². The van der Waals surface area contributed by atoms with Crippen molar-refractivity contribution in [2.75, 3.05) is 24.4 Å². The van der Waals surface area contributed by atoms with Crippen LogP contribution in [0.15, 0.2) is 24.3 Å². The van der Waals surface area contributed by atoms with E-state index >= 15 is 0 Å². The van der Waals surface area contributed by atoms with E-state index in [0.717, 1.165) is 0 Å². The summed E-state index contributed by atoms with van der Waals surface area (Å²) in [6.07, 6.45) is 0. The van der Waals surface area contributed by atoms with Crippen molar-refractivity contribution in [1.29, 1.82) is 0 Å². The molecule has 1 unspecified atom stereocenters. The lowest BCUT2D eigenvalue weighted by atomic mass is 10.2. The van der Waals surface area contributed by atoms with Gasteiger partial charge in [0.15, 0.2) is 0 Å². The molecular formula is C13H18N4O4. The summed E-state index contributed by atoms with van der Waals surface area (Å²) in [5.41, 5.74) is 6.13. The van der Waals surface area contributed by atoms with Crippen LogP contribution < -0.4 is 21.7 Å². The minimum Gasteiger partial charge on any atom is -0.375 e. The molecule has 1 atom stereocenters. The number of benzene rings is 1. The van der Waals surface area contributed by atoms with Crippen molar-refractivity contribution in [2.45, 2.75) is 13.0 Å². The number of hydrogen-bond donors (Lipinski definition) is 4. The summed E-state index contributed by atoms with van der Waals surface area (Å²) in [7, 11) is 1.44. The number of urea groups is 1. The monoisotopic (exact) mass is 294 g/mol. The third-order valence-corrected chi connectivity index (χ3v) is 2.47. The number of amides is 4. The maximum absolute atomic E-state index is 11.5. The number of anilines is 2. The largest absolute Gasteiger partial charge is 0.375 e. The van der Waals surface area contributed by atoms with Crippen LogP contribution in [0.3, 0.4) is 0 Å². The molecule has 0 aliphatic rings. The molecule has 0 aromatic heterocycles. The van der Waals surface area contributed by atoms with E-state index in [1.165, 1.54) is 7.11 Å². The Kier molecular flexibility index (Phi) is 6.15. The third kappa shape index (κ3) is 5.91. The molecule has 114 valence electrons. The zero-order valence-corrected chi connectivity index (χ0v) is 11.8. The van der Waals surface area contributed by atoms with Crippen molar-refractivity contribution in [3.05, 3.63) is 24.3 Å². The van der Waals surface area contributed by atoms with Gasteiger partial charge in [-0.05, 0) is 31.2 Å². The molecule has 0 radical (unpaired) electrons. The van der Waals surface area contributed by atoms with Crippen molar-refractivity contribution >= 4 is 29.2 Å². The lowest BCUT2D eigenvalue weighted by molar-refractivity contribution is -0.120. The van der Waals surface area contributed by atoms with Gasteiger partial charge >= 0.3 is 6.03 Å². The van der Waals surface area contributed by atoms with Crippen LogP contribution in [-0.2, 0) is 14.3 Å². The van der Waals surface area contributed by atoms with E-state index < -0.39 is 18.0 Å². The Morgan fingerprint density at radius 2 is 1.76 bits per heavy atom. The van der Waals surface area contributed by atoms with Crippen LogP contribution in [0.25, 0.3) is 0 Å². The van der Waals surface area contributed by atoms with Crippen molar-refractivity contribution in [3.63, 3.8) is 0 Å². The zero-order valence-electron chi connectivity index (χ0n) is 11.8. The first-order valence-electron chi connectivity index (χ1n) is 6.18. The smallest absolute Gasteiger partial charge is 0.318 e. The molecule has 4 amide bonds. The van der Waals surface area contributed by atoms with Gasteiger partial charge in [-0.2, -0.15) is 0 Å². The predicted molar refractivity (Wildman–Crippen MR) is 77.8 cm³/mol. The van der Waals surface area contributed by atoms with Crippen molar-refractivity contribution in [2.24, 2.45) is 5.73 Å². The Hall–Kier alpha value is -2.61. The van der Waals surface area contributed by atoms with Gasteiger partial charge in [-0.1, -0.05) is 0 Å². The Balaban J connectivity index is 2.56. The summed E-state index contributed by atoms with van der Waals surface area (Å²) in [6, 6.07) is 5.20. The number of nitrogens with two attached hydrogens (primary N) is 1. The minimum atomic E-state index is -0.898. The molecule has 1 aromatic carbocycles. The van der Waals surface area contributed by atoms with Crippen LogP contribution in [0.5, 0.6) is 0 Å². The minimum absolute atomic E-state index is 0.0235. The zero-order chi connectivity index (χ0) is 15.8. The summed E-state index contributed by atoms with van der Waals surface area (Å²) >= 11 is 0. The van der Waals surface area contributed by atoms with Gasteiger partial charge < -0.3 is 21.1 Å². The molecule has 21 heavy (non-hydrogen) atoms. The van der Waals surface area contributed by atoms with Gasteiger partial charge in [0.25, 0.3) is 0 Å². The quantitative estimate of drug-likeness (QED) is 0.599. The predicted octanol–water partition coefficient (Wildman–Crippen LogP) is 0.267. The van der Waals surface area contributed by atoms with E-state index in [0.29, 0.717) is 11.4 Å². The van der Waals surface area contributed by atoms with Crippen molar-refractivity contribution < 1.29 is 19.1 Å². The van der Waals surface area contributed by atoms with E-state index in [9.17, 15) is 14.4 Å². The van der Waals surface area contributed by atoms with Crippen LogP contribution in [0.1, 0.15) is 6.92 Å². The van der Waals surface area contributed by atoms with E-state index in [-0.39, 0.29) is 12.5 Å². The molecule has 8 heteroatoms. The lowest BCUT2D eigenvalue weighted by Crippen LogP contribution is -2.43. The van der Waals surface area contributed by atoms with Crippen molar-refractivity contribution in [3.8, 4) is 0 Å². The summed E-state index contributed by atoms with van der Waals surface area (Å²) in [5, 5.41) is 7.52. The fraction of sp³-hybridized carbons (Fsp3) is 0.308. The molecule has 5 N–H and O–H groups in total. The third-order valence-electron chi connectivity index (χ3n) is 2.47. The molecule has 0 heterocycles. The Labute approximate surface area is 122 Å². The number of imide groups is 1. The van der Waals surface area contributed by atoms with Crippen LogP contribution in [0.4, 0.5) is 16.2 Å². The normalized spacial score (nSPS) is 11.3. The number of primary amides is 1. The molecule has 0 fully saturated rings. The van der Waals surface area contributed by atoms with Gasteiger partial charge in [0.05, 0.1) is 0 Å². The van der Waals surface area contributed by atoms with Crippen molar-refractivity contribution in [1.82, 2.24) is 5.32 Å². The second kappa shape index (κ2) is 7.85.